The Hall–Kier alpha value is -14.0. The molecule has 12 aromatic heterocycles. The molecule has 0 spiro atoms. The third-order valence-electron chi connectivity index (χ3n) is 17.2. The van der Waals surface area contributed by atoms with E-state index < -0.39 is 0 Å². The molecular formula is C106H74Ir4N14-8. The summed E-state index contributed by atoms with van der Waals surface area (Å²) < 4.78 is 0. The van der Waals surface area contributed by atoms with E-state index in [0.717, 1.165) is 129 Å². The van der Waals surface area contributed by atoms with Crippen LogP contribution in [-0.2, 0) is 80.4 Å². The monoisotopic (exact) mass is 2310 g/mol. The fourth-order valence-corrected chi connectivity index (χ4v) is 11.4. The Bertz CT molecular complexity index is 5080. The quantitative estimate of drug-likeness (QED) is 0.105. The van der Waals surface area contributed by atoms with Gasteiger partial charge in [0.15, 0.2) is 5.82 Å². The van der Waals surface area contributed by atoms with Crippen molar-refractivity contribution >= 4 is 0 Å². The van der Waals surface area contributed by atoms with Gasteiger partial charge in [-0.05, 0) is 141 Å². The second-order valence-electron chi connectivity index (χ2n) is 25.4. The molecule has 0 aliphatic rings. The van der Waals surface area contributed by atoms with Crippen molar-refractivity contribution in [3.8, 4) is 135 Å². The van der Waals surface area contributed by atoms with E-state index >= 15 is 0 Å². The zero-order valence-corrected chi connectivity index (χ0v) is 75.9. The maximum absolute atomic E-state index is 4.38. The molecule has 20 aromatic rings. The summed E-state index contributed by atoms with van der Waals surface area (Å²) in [6.45, 7) is 0. The van der Waals surface area contributed by atoms with Gasteiger partial charge < -0.3 is 39.9 Å². The van der Waals surface area contributed by atoms with E-state index in [1.807, 2.05) is 352 Å². The van der Waals surface area contributed by atoms with Gasteiger partial charge in [-0.1, -0.05) is 84.9 Å². The minimum absolute atomic E-state index is 0. The molecule has 0 amide bonds. The first-order chi connectivity index (χ1) is 59.6. The Labute approximate surface area is 778 Å². The van der Waals surface area contributed by atoms with E-state index in [4.69, 9.17) is 0 Å². The van der Waals surface area contributed by atoms with Gasteiger partial charge in [-0.2, -0.15) is 0 Å². The van der Waals surface area contributed by atoms with Gasteiger partial charge in [-0.25, -0.2) is 9.97 Å². The van der Waals surface area contributed by atoms with E-state index in [1.165, 1.54) is 0 Å². The molecular weight excluding hydrogens is 2240 g/mol. The Kier molecular flexibility index (Phi) is 40.6. The normalized spacial score (nSPS) is 9.68. The number of benzene rings is 8. The van der Waals surface area contributed by atoms with Crippen molar-refractivity contribution in [3.05, 3.63) is 500 Å². The van der Waals surface area contributed by atoms with Crippen molar-refractivity contribution in [1.82, 2.24) is 69.8 Å². The van der Waals surface area contributed by atoms with Crippen LogP contribution < -0.4 is 0 Å². The van der Waals surface area contributed by atoms with E-state index in [2.05, 4.69) is 124 Å². The van der Waals surface area contributed by atoms with Crippen LogP contribution in [0, 0.1) is 48.5 Å². The number of hydrogen-bond acceptors (Lipinski definition) is 14. The average molecular weight is 2310 g/mol. The molecule has 12 heterocycles. The third-order valence-corrected chi connectivity index (χ3v) is 17.2. The fourth-order valence-electron chi connectivity index (χ4n) is 11.4. The fraction of sp³-hybridized carbons (Fsp3) is 0. The minimum atomic E-state index is 0. The van der Waals surface area contributed by atoms with Crippen LogP contribution in [0.25, 0.3) is 135 Å². The van der Waals surface area contributed by atoms with Gasteiger partial charge >= 0.3 is 0 Å². The predicted octanol–water partition coefficient (Wildman–Crippen LogP) is 23.4. The molecule has 0 N–H and O–H groups in total. The van der Waals surface area contributed by atoms with E-state index in [-0.39, 0.29) is 80.4 Å². The van der Waals surface area contributed by atoms with Crippen LogP contribution in [-0.4, -0.2) is 69.8 Å². The molecule has 0 saturated heterocycles. The Morgan fingerprint density at radius 3 is 0.694 bits per heavy atom. The number of aromatic nitrogens is 14. The molecule has 0 atom stereocenters. The topological polar surface area (TPSA) is 180 Å². The summed E-state index contributed by atoms with van der Waals surface area (Å²) in [5.74, 6) is 0.706. The molecule has 612 valence electrons. The summed E-state index contributed by atoms with van der Waals surface area (Å²) in [6.07, 6.45) is 28.3. The molecule has 0 bridgehead atoms. The molecule has 4 radical (unpaired) electrons. The molecule has 14 nitrogen and oxygen atoms in total. The maximum Gasteiger partial charge on any atom is 0.158 e. The molecule has 8 aromatic carbocycles. The SMILES string of the molecule is [Ir].[Ir].[Ir].[Ir].[c-]1ccccc1-c1cc(-c2ccccn2)ccn1.[c-]1ccccc1-c1cc(-c2cccnc2)ccn1.[c-]1ccccc1-c1cc(-c2cnccn2)ccn1.[c-]1ccccc1-c1cc(-c2ncccn2)ccn1.[c-]1ccccc1-c1ccccn1.[c-]1ccccc1-c1ccccn1.[c-]1ccccc1-c1ccccn1.[c-]1ccccc1-c1ccccn1. The van der Waals surface area contributed by atoms with Crippen molar-refractivity contribution in [2.45, 2.75) is 0 Å². The molecule has 0 aliphatic heterocycles. The second-order valence-corrected chi connectivity index (χ2v) is 25.4. The predicted molar refractivity (Wildman–Crippen MR) is 477 cm³/mol. The standard InChI is InChI=1S/2C16H11N2.2C15H10N3.4C11H8N.4Ir/c1-2-6-13(7-3-1)16-12-14(9-11-18-16)15-8-4-5-10-17-15;1-2-5-13(6-3-1)16-11-14(8-10-18-16)15-7-4-9-17-12-15;1-2-5-12(6-3-1)14-11-13(7-10-16-14)15-17-8-4-9-18-15;1-2-4-12(5-3-1)14-10-13(6-7-17-14)15-11-16-8-9-18-15;4*1-2-6-10(7-3-1)11-8-4-5-9-12-11;;;;/h1-6,8-12H;1-5,7-12H;1-5,7-11H;1-4,6-11H;4*1-6,8-9H;;;;/q8*-1;;;;. The third kappa shape index (κ3) is 30.3. The first-order valence-corrected chi connectivity index (χ1v) is 38.2. The number of pyridine rings is 10. The van der Waals surface area contributed by atoms with Gasteiger partial charge in [0, 0.05) is 179 Å². The second kappa shape index (κ2) is 53.6. The van der Waals surface area contributed by atoms with Gasteiger partial charge in [0.2, 0.25) is 0 Å². The van der Waals surface area contributed by atoms with Gasteiger partial charge in [-0.15, -0.1) is 287 Å². The van der Waals surface area contributed by atoms with Crippen molar-refractivity contribution < 1.29 is 80.4 Å². The summed E-state index contributed by atoms with van der Waals surface area (Å²) in [5, 5.41) is 0. The van der Waals surface area contributed by atoms with E-state index in [0.29, 0.717) is 5.82 Å². The van der Waals surface area contributed by atoms with Gasteiger partial charge in [0.1, 0.15) is 0 Å². The van der Waals surface area contributed by atoms with Crippen LogP contribution in [0.2, 0.25) is 0 Å². The summed E-state index contributed by atoms with van der Waals surface area (Å²) >= 11 is 0. The Morgan fingerprint density at radius 2 is 0.403 bits per heavy atom. The molecule has 124 heavy (non-hydrogen) atoms. The van der Waals surface area contributed by atoms with Crippen molar-refractivity contribution in [1.29, 1.82) is 0 Å². The van der Waals surface area contributed by atoms with Crippen LogP contribution in [0.5, 0.6) is 0 Å². The molecule has 0 fully saturated rings. The number of hydrogen-bond donors (Lipinski definition) is 0. The van der Waals surface area contributed by atoms with Crippen LogP contribution in [0.4, 0.5) is 0 Å². The van der Waals surface area contributed by atoms with Crippen molar-refractivity contribution in [2.75, 3.05) is 0 Å². The molecule has 0 aliphatic carbocycles. The Morgan fingerprint density at radius 1 is 0.145 bits per heavy atom. The first-order valence-electron chi connectivity index (χ1n) is 38.2. The van der Waals surface area contributed by atoms with Gasteiger partial charge in [0.05, 0.1) is 17.6 Å². The number of rotatable bonds is 12. The van der Waals surface area contributed by atoms with Crippen molar-refractivity contribution in [2.24, 2.45) is 0 Å². The smallest absolute Gasteiger partial charge is 0.158 e. The maximum atomic E-state index is 4.38. The minimum Gasteiger partial charge on any atom is -0.305 e. The van der Waals surface area contributed by atoms with Gasteiger partial charge in [0.25, 0.3) is 0 Å². The zero-order valence-electron chi connectivity index (χ0n) is 66.3. The van der Waals surface area contributed by atoms with Crippen LogP contribution in [0.3, 0.4) is 0 Å². The summed E-state index contributed by atoms with van der Waals surface area (Å²) in [5.41, 5.74) is 22.6. The summed E-state index contributed by atoms with van der Waals surface area (Å²) in [4.78, 5) is 59.6. The van der Waals surface area contributed by atoms with Crippen LogP contribution >= 0.6 is 0 Å². The van der Waals surface area contributed by atoms with E-state index in [1.54, 1.807) is 92.8 Å². The Balaban J connectivity index is 0.000000161. The molecule has 20 rings (SSSR count). The molecule has 0 unspecified atom stereocenters. The number of nitrogens with zero attached hydrogens (tertiary/aromatic N) is 14. The average Bonchev–Trinajstić information content (AvgIpc) is 0.846. The largest absolute Gasteiger partial charge is 0.305 e. The zero-order chi connectivity index (χ0) is 81.7. The molecule has 18 heteroatoms. The summed E-state index contributed by atoms with van der Waals surface area (Å²) in [7, 11) is 0. The summed E-state index contributed by atoms with van der Waals surface area (Å²) in [6, 6.07) is 139. The van der Waals surface area contributed by atoms with Crippen LogP contribution in [0.1, 0.15) is 0 Å². The van der Waals surface area contributed by atoms with Gasteiger partial charge in [-0.3, -0.25) is 19.9 Å². The van der Waals surface area contributed by atoms with E-state index in [9.17, 15) is 0 Å². The van der Waals surface area contributed by atoms with Crippen molar-refractivity contribution in [3.63, 3.8) is 0 Å². The first kappa shape index (κ1) is 93.9. The molecule has 0 saturated carbocycles. The van der Waals surface area contributed by atoms with Crippen LogP contribution in [0.15, 0.2) is 451 Å².